The highest BCUT2D eigenvalue weighted by atomic mass is 14.6. The Hall–Kier alpha value is -5.46. The second-order valence-electron chi connectivity index (χ2n) is 14.7. The summed E-state index contributed by atoms with van der Waals surface area (Å²) in [6.07, 6.45) is 4.61. The fourth-order valence-electron chi connectivity index (χ4n) is 10.0. The lowest BCUT2D eigenvalue weighted by molar-refractivity contribution is 0.550. The van der Waals surface area contributed by atoms with Crippen LogP contribution in [0.1, 0.15) is 71.2 Å². The van der Waals surface area contributed by atoms with E-state index in [0.29, 0.717) is 0 Å². The second-order valence-corrected chi connectivity index (χ2v) is 14.7. The SMILES string of the molecule is Cc1cccc2c1C1=C(CCC(c3c4ccccc4c(-c4ccccc4)c4ccccc34)=C1)C21c2ccccc2C(C)(C)c2ccccc21. The van der Waals surface area contributed by atoms with Crippen LogP contribution in [-0.2, 0) is 10.8 Å². The molecule has 0 unspecified atom stereocenters. The smallest absolute Gasteiger partial charge is 0.0622 e. The first-order valence-corrected chi connectivity index (χ1v) is 17.7. The molecule has 0 N–H and O–H groups in total. The highest BCUT2D eigenvalue weighted by Crippen LogP contribution is 2.64. The van der Waals surface area contributed by atoms with E-state index in [-0.39, 0.29) is 10.8 Å². The zero-order valence-corrected chi connectivity index (χ0v) is 28.3. The van der Waals surface area contributed by atoms with Crippen molar-refractivity contribution in [2.45, 2.75) is 44.4 Å². The van der Waals surface area contributed by atoms with Gasteiger partial charge in [0.25, 0.3) is 0 Å². The molecule has 3 aliphatic carbocycles. The molecule has 0 nitrogen and oxygen atoms in total. The monoisotopic (exact) mass is 626 g/mol. The van der Waals surface area contributed by atoms with Crippen molar-refractivity contribution < 1.29 is 0 Å². The third-order valence-corrected chi connectivity index (χ3v) is 12.0. The van der Waals surface area contributed by atoms with E-state index in [4.69, 9.17) is 0 Å². The molecule has 0 amide bonds. The quantitative estimate of drug-likeness (QED) is 0.168. The maximum Gasteiger partial charge on any atom is 0.0682 e. The van der Waals surface area contributed by atoms with Gasteiger partial charge in [-0.3, -0.25) is 0 Å². The van der Waals surface area contributed by atoms with Crippen molar-refractivity contribution in [2.24, 2.45) is 0 Å². The first-order chi connectivity index (χ1) is 24.0. The van der Waals surface area contributed by atoms with Gasteiger partial charge in [-0.1, -0.05) is 166 Å². The first kappa shape index (κ1) is 28.5. The highest BCUT2D eigenvalue weighted by molar-refractivity contribution is 6.19. The molecule has 0 atom stereocenters. The van der Waals surface area contributed by atoms with Crippen molar-refractivity contribution in [1.29, 1.82) is 0 Å². The maximum absolute atomic E-state index is 2.60. The summed E-state index contributed by atoms with van der Waals surface area (Å²) in [5.41, 5.74) is 18.0. The van der Waals surface area contributed by atoms with E-state index in [1.54, 1.807) is 5.57 Å². The van der Waals surface area contributed by atoms with Crippen molar-refractivity contribution >= 4 is 32.7 Å². The lowest BCUT2D eigenvalue weighted by Gasteiger charge is -2.48. The average Bonchev–Trinajstić information content (AvgIpc) is 3.44. The minimum atomic E-state index is -0.303. The van der Waals surface area contributed by atoms with Crippen LogP contribution in [-0.4, -0.2) is 0 Å². The van der Waals surface area contributed by atoms with Gasteiger partial charge in [0.2, 0.25) is 0 Å². The number of hydrogen-bond acceptors (Lipinski definition) is 0. The Morgan fingerprint density at radius 2 is 0.918 bits per heavy atom. The molecule has 0 heterocycles. The Bertz CT molecular complexity index is 2470. The van der Waals surface area contributed by atoms with Gasteiger partial charge in [-0.05, 0) is 114 Å². The number of fused-ring (bicyclic) bond motifs is 10. The summed E-state index contributed by atoms with van der Waals surface area (Å²) in [6, 6.07) is 54.7. The van der Waals surface area contributed by atoms with E-state index in [1.807, 2.05) is 0 Å². The molecule has 0 saturated heterocycles. The molecule has 7 aromatic rings. The molecule has 0 saturated carbocycles. The molecule has 10 rings (SSSR count). The van der Waals surface area contributed by atoms with Gasteiger partial charge in [0, 0.05) is 5.41 Å². The number of benzene rings is 7. The van der Waals surface area contributed by atoms with Gasteiger partial charge < -0.3 is 0 Å². The third-order valence-electron chi connectivity index (χ3n) is 12.0. The first-order valence-electron chi connectivity index (χ1n) is 17.7. The van der Waals surface area contributed by atoms with Gasteiger partial charge in [0.1, 0.15) is 0 Å². The van der Waals surface area contributed by atoms with Crippen LogP contribution in [0.25, 0.3) is 43.8 Å². The lowest BCUT2D eigenvalue weighted by atomic mass is 9.54. The van der Waals surface area contributed by atoms with Crippen LogP contribution >= 0.6 is 0 Å². The molecule has 1 spiro atoms. The van der Waals surface area contributed by atoms with E-state index in [2.05, 4.69) is 172 Å². The molecule has 0 heteroatoms. The molecular formula is C49H38. The summed E-state index contributed by atoms with van der Waals surface area (Å²) in [5, 5.41) is 5.31. The molecule has 0 bridgehead atoms. The fraction of sp³-hybridized carbons (Fsp3) is 0.143. The van der Waals surface area contributed by atoms with Crippen molar-refractivity contribution in [3.8, 4) is 11.1 Å². The van der Waals surface area contributed by atoms with Crippen LogP contribution < -0.4 is 0 Å². The summed E-state index contributed by atoms with van der Waals surface area (Å²) in [7, 11) is 0. The van der Waals surface area contributed by atoms with E-state index < -0.39 is 0 Å². The van der Waals surface area contributed by atoms with Crippen molar-refractivity contribution in [3.05, 3.63) is 202 Å². The summed E-state index contributed by atoms with van der Waals surface area (Å²) in [4.78, 5) is 0. The van der Waals surface area contributed by atoms with Gasteiger partial charge in [-0.2, -0.15) is 0 Å². The summed E-state index contributed by atoms with van der Waals surface area (Å²) >= 11 is 0. The van der Waals surface area contributed by atoms with Crippen LogP contribution in [0.2, 0.25) is 0 Å². The highest BCUT2D eigenvalue weighted by Gasteiger charge is 2.54. The number of aryl methyl sites for hydroxylation is 1. The van der Waals surface area contributed by atoms with E-state index >= 15 is 0 Å². The second kappa shape index (κ2) is 10.3. The Morgan fingerprint density at radius 3 is 1.51 bits per heavy atom. The molecular weight excluding hydrogens is 589 g/mol. The molecule has 0 aliphatic heterocycles. The Balaban J connectivity index is 1.31. The topological polar surface area (TPSA) is 0 Å². The van der Waals surface area contributed by atoms with Crippen LogP contribution in [0.4, 0.5) is 0 Å². The zero-order chi connectivity index (χ0) is 32.9. The van der Waals surface area contributed by atoms with Gasteiger partial charge in [-0.25, -0.2) is 0 Å². The van der Waals surface area contributed by atoms with E-state index in [0.717, 1.165) is 12.8 Å². The number of hydrogen-bond donors (Lipinski definition) is 0. The number of allylic oxidation sites excluding steroid dienone is 4. The fourth-order valence-corrected chi connectivity index (χ4v) is 10.0. The summed E-state index contributed by atoms with van der Waals surface area (Å²) in [5.74, 6) is 0. The number of rotatable bonds is 2. The van der Waals surface area contributed by atoms with Crippen molar-refractivity contribution in [3.63, 3.8) is 0 Å². The third kappa shape index (κ3) is 3.70. The summed E-state index contributed by atoms with van der Waals surface area (Å²) in [6.45, 7) is 7.13. The van der Waals surface area contributed by atoms with Gasteiger partial charge in [-0.15, -0.1) is 0 Å². The Labute approximate surface area is 289 Å². The van der Waals surface area contributed by atoms with Crippen LogP contribution in [0.15, 0.2) is 157 Å². The molecule has 234 valence electrons. The van der Waals surface area contributed by atoms with Crippen molar-refractivity contribution in [1.82, 2.24) is 0 Å². The molecule has 0 aromatic heterocycles. The average molecular weight is 627 g/mol. The van der Waals surface area contributed by atoms with Crippen molar-refractivity contribution in [2.75, 3.05) is 0 Å². The zero-order valence-electron chi connectivity index (χ0n) is 28.3. The minimum absolute atomic E-state index is 0.0836. The van der Waals surface area contributed by atoms with Gasteiger partial charge >= 0.3 is 0 Å². The predicted molar refractivity (Wildman–Crippen MR) is 207 cm³/mol. The molecule has 3 aliphatic rings. The predicted octanol–water partition coefficient (Wildman–Crippen LogP) is 12.6. The molecule has 0 radical (unpaired) electrons. The summed E-state index contributed by atoms with van der Waals surface area (Å²) < 4.78 is 0. The standard InChI is InChI=1S/C49H38/c1-31-16-15-27-44-45(31)38-30-33(28-29-39(38)49(44)42-25-13-11-23-40(42)48(2,3)41-24-12-14-26-43(41)49)47-36-21-9-7-19-34(36)46(32-17-5-4-6-18-32)35-20-8-10-22-37(35)47/h4-27,30H,28-29H2,1-3H3. The van der Waals surface area contributed by atoms with Crippen LogP contribution in [0.5, 0.6) is 0 Å². The molecule has 49 heavy (non-hydrogen) atoms. The molecule has 7 aromatic carbocycles. The molecule has 0 fully saturated rings. The Morgan fingerprint density at radius 1 is 0.429 bits per heavy atom. The van der Waals surface area contributed by atoms with E-state index in [9.17, 15) is 0 Å². The van der Waals surface area contributed by atoms with E-state index in [1.165, 1.54) is 88.3 Å². The maximum atomic E-state index is 2.60. The van der Waals surface area contributed by atoms with Crippen LogP contribution in [0.3, 0.4) is 0 Å². The minimum Gasteiger partial charge on any atom is -0.0622 e. The van der Waals surface area contributed by atoms with Crippen LogP contribution in [0, 0.1) is 6.92 Å². The lowest BCUT2D eigenvalue weighted by Crippen LogP contribution is -2.41. The largest absolute Gasteiger partial charge is 0.0682 e. The normalized spacial score (nSPS) is 16.7. The van der Waals surface area contributed by atoms with Gasteiger partial charge in [0.05, 0.1) is 5.41 Å². The Kier molecular flexibility index (Phi) is 5.98. The van der Waals surface area contributed by atoms with Gasteiger partial charge in [0.15, 0.2) is 0 Å².